The van der Waals surface area contributed by atoms with E-state index in [1.165, 1.54) is 56.7 Å². The molecule has 0 heterocycles. The maximum Gasteiger partial charge on any atom is 0.00596 e. The second-order valence-corrected chi connectivity index (χ2v) is 7.15. The lowest BCUT2D eigenvalue weighted by atomic mass is 9.69. The lowest BCUT2D eigenvalue weighted by molar-refractivity contribution is 0.148. The highest BCUT2D eigenvalue weighted by Gasteiger charge is 2.30. The van der Waals surface area contributed by atoms with E-state index in [0.29, 0.717) is 0 Å². The second-order valence-electron chi connectivity index (χ2n) is 6.50. The average molecular weight is 301 g/mol. The van der Waals surface area contributed by atoms with Crippen molar-refractivity contribution in [2.24, 2.45) is 23.7 Å². The van der Waals surface area contributed by atoms with Crippen molar-refractivity contribution in [2.75, 3.05) is 5.33 Å². The average Bonchev–Trinajstić information content (AvgIpc) is 2.40. The van der Waals surface area contributed by atoms with Crippen LogP contribution in [0.5, 0.6) is 0 Å². The van der Waals surface area contributed by atoms with Gasteiger partial charge in [0, 0.05) is 5.33 Å². The van der Waals surface area contributed by atoms with E-state index in [4.69, 9.17) is 0 Å². The molecule has 0 spiro atoms. The zero-order chi connectivity index (χ0) is 12.1. The van der Waals surface area contributed by atoms with E-state index in [2.05, 4.69) is 22.9 Å². The van der Waals surface area contributed by atoms with Crippen molar-refractivity contribution in [3.05, 3.63) is 0 Å². The summed E-state index contributed by atoms with van der Waals surface area (Å²) in [6.07, 6.45) is 15.1. The van der Waals surface area contributed by atoms with Crippen LogP contribution in [0.15, 0.2) is 0 Å². The SMILES string of the molecule is CCCC1CCC(C2CCC(CBr)CC2)CC1. The molecular weight excluding hydrogens is 272 g/mol. The monoisotopic (exact) mass is 300 g/mol. The fourth-order valence-electron chi connectivity index (χ4n) is 4.17. The van der Waals surface area contributed by atoms with E-state index in [1.54, 1.807) is 12.8 Å². The van der Waals surface area contributed by atoms with E-state index in [-0.39, 0.29) is 0 Å². The van der Waals surface area contributed by atoms with E-state index >= 15 is 0 Å². The number of alkyl halides is 1. The number of rotatable bonds is 4. The van der Waals surface area contributed by atoms with Crippen LogP contribution < -0.4 is 0 Å². The van der Waals surface area contributed by atoms with Gasteiger partial charge in [0.05, 0.1) is 0 Å². The fourth-order valence-corrected chi connectivity index (χ4v) is 4.82. The molecule has 0 aromatic carbocycles. The third-order valence-electron chi connectivity index (χ3n) is 5.36. The Kier molecular flexibility index (Phi) is 5.86. The molecular formula is C16H29Br. The molecule has 0 saturated heterocycles. The molecule has 0 bridgehead atoms. The van der Waals surface area contributed by atoms with Crippen LogP contribution in [0.4, 0.5) is 0 Å². The molecule has 2 aliphatic rings. The summed E-state index contributed by atoms with van der Waals surface area (Å²) >= 11 is 3.65. The molecule has 2 fully saturated rings. The Morgan fingerprint density at radius 2 is 1.24 bits per heavy atom. The Hall–Kier alpha value is 0.480. The number of halogens is 1. The molecule has 2 rings (SSSR count). The third-order valence-corrected chi connectivity index (χ3v) is 6.28. The van der Waals surface area contributed by atoms with E-state index in [9.17, 15) is 0 Å². The van der Waals surface area contributed by atoms with Crippen LogP contribution in [0.3, 0.4) is 0 Å². The van der Waals surface area contributed by atoms with Gasteiger partial charge in [0.1, 0.15) is 0 Å². The smallest absolute Gasteiger partial charge is 0.00596 e. The van der Waals surface area contributed by atoms with Crippen molar-refractivity contribution in [1.82, 2.24) is 0 Å². The minimum atomic E-state index is 0.989. The Morgan fingerprint density at radius 1 is 0.765 bits per heavy atom. The Labute approximate surface area is 116 Å². The van der Waals surface area contributed by atoms with Gasteiger partial charge in [-0.25, -0.2) is 0 Å². The van der Waals surface area contributed by atoms with Crippen molar-refractivity contribution in [3.63, 3.8) is 0 Å². The van der Waals surface area contributed by atoms with Gasteiger partial charge in [-0.15, -0.1) is 0 Å². The molecule has 2 saturated carbocycles. The van der Waals surface area contributed by atoms with Crippen molar-refractivity contribution >= 4 is 15.9 Å². The largest absolute Gasteiger partial charge is 0.0925 e. The molecule has 0 unspecified atom stereocenters. The van der Waals surface area contributed by atoms with Gasteiger partial charge >= 0.3 is 0 Å². The van der Waals surface area contributed by atoms with Gasteiger partial charge < -0.3 is 0 Å². The summed E-state index contributed by atoms with van der Waals surface area (Å²) in [5.41, 5.74) is 0. The lowest BCUT2D eigenvalue weighted by Gasteiger charge is -2.37. The second kappa shape index (κ2) is 7.16. The first kappa shape index (κ1) is 13.9. The predicted molar refractivity (Wildman–Crippen MR) is 79.6 cm³/mol. The summed E-state index contributed by atoms with van der Waals surface area (Å²) in [7, 11) is 0. The topological polar surface area (TPSA) is 0 Å². The fraction of sp³-hybridized carbons (Fsp3) is 1.00. The summed E-state index contributed by atoms with van der Waals surface area (Å²) in [5, 5.41) is 1.24. The van der Waals surface area contributed by atoms with Gasteiger partial charge in [0.2, 0.25) is 0 Å². The highest BCUT2D eigenvalue weighted by molar-refractivity contribution is 9.09. The van der Waals surface area contributed by atoms with Gasteiger partial charge in [-0.2, -0.15) is 0 Å². The summed E-state index contributed by atoms with van der Waals surface area (Å²) in [4.78, 5) is 0. The molecule has 1 heteroatoms. The Balaban J connectivity index is 1.70. The van der Waals surface area contributed by atoms with Gasteiger partial charge in [-0.1, -0.05) is 48.5 Å². The van der Waals surface area contributed by atoms with E-state index in [1.807, 2.05) is 0 Å². The minimum Gasteiger partial charge on any atom is -0.0925 e. The normalized spacial score (nSPS) is 39.2. The molecule has 0 amide bonds. The van der Waals surface area contributed by atoms with Gasteiger partial charge in [-0.3, -0.25) is 0 Å². The first-order chi connectivity index (χ1) is 8.33. The molecule has 17 heavy (non-hydrogen) atoms. The zero-order valence-corrected chi connectivity index (χ0v) is 13.1. The van der Waals surface area contributed by atoms with Crippen LogP contribution in [0, 0.1) is 23.7 Å². The maximum atomic E-state index is 3.65. The summed E-state index contributed by atoms with van der Waals surface area (Å²) in [5.74, 6) is 4.25. The van der Waals surface area contributed by atoms with Gasteiger partial charge in [0.25, 0.3) is 0 Å². The first-order valence-electron chi connectivity index (χ1n) is 7.89. The van der Waals surface area contributed by atoms with Crippen LogP contribution in [0.25, 0.3) is 0 Å². The van der Waals surface area contributed by atoms with Gasteiger partial charge in [0.15, 0.2) is 0 Å². The zero-order valence-electron chi connectivity index (χ0n) is 11.5. The predicted octanol–water partition coefficient (Wildman–Crippen LogP) is 5.79. The third kappa shape index (κ3) is 3.98. The highest BCUT2D eigenvalue weighted by atomic mass is 79.9. The molecule has 2 aliphatic carbocycles. The van der Waals surface area contributed by atoms with Crippen molar-refractivity contribution < 1.29 is 0 Å². The van der Waals surface area contributed by atoms with Crippen LogP contribution in [-0.4, -0.2) is 5.33 Å². The van der Waals surface area contributed by atoms with Crippen molar-refractivity contribution in [2.45, 2.75) is 71.1 Å². The van der Waals surface area contributed by atoms with Gasteiger partial charge in [-0.05, 0) is 62.2 Å². The number of hydrogen-bond donors (Lipinski definition) is 0. The standard InChI is InChI=1S/C16H29Br/c1-2-3-13-4-8-15(9-5-13)16-10-6-14(12-17)7-11-16/h13-16H,2-12H2,1H3. The molecule has 0 radical (unpaired) electrons. The van der Waals surface area contributed by atoms with E-state index < -0.39 is 0 Å². The summed E-state index contributed by atoms with van der Waals surface area (Å²) in [6, 6.07) is 0. The lowest BCUT2D eigenvalue weighted by Crippen LogP contribution is -2.26. The Morgan fingerprint density at radius 3 is 1.65 bits per heavy atom. The first-order valence-corrected chi connectivity index (χ1v) is 9.01. The molecule has 0 nitrogen and oxygen atoms in total. The van der Waals surface area contributed by atoms with Crippen LogP contribution >= 0.6 is 15.9 Å². The molecule has 0 aromatic heterocycles. The molecule has 0 aliphatic heterocycles. The molecule has 0 atom stereocenters. The molecule has 0 N–H and O–H groups in total. The highest BCUT2D eigenvalue weighted by Crippen LogP contribution is 2.42. The Bertz CT molecular complexity index is 198. The van der Waals surface area contributed by atoms with Crippen molar-refractivity contribution in [1.29, 1.82) is 0 Å². The van der Waals surface area contributed by atoms with E-state index in [0.717, 1.165) is 23.7 Å². The molecule has 100 valence electrons. The van der Waals surface area contributed by atoms with Crippen molar-refractivity contribution in [3.8, 4) is 0 Å². The van der Waals surface area contributed by atoms with Crippen LogP contribution in [-0.2, 0) is 0 Å². The molecule has 0 aromatic rings. The number of hydrogen-bond acceptors (Lipinski definition) is 0. The summed E-state index contributed by atoms with van der Waals surface area (Å²) in [6.45, 7) is 2.34. The maximum absolute atomic E-state index is 3.65. The minimum absolute atomic E-state index is 0.989. The quantitative estimate of drug-likeness (QED) is 0.576. The van der Waals surface area contributed by atoms with Crippen LogP contribution in [0.2, 0.25) is 0 Å². The summed E-state index contributed by atoms with van der Waals surface area (Å²) < 4.78 is 0. The van der Waals surface area contributed by atoms with Crippen LogP contribution in [0.1, 0.15) is 71.1 Å².